The highest BCUT2D eigenvalue weighted by Crippen LogP contribution is 2.45. The molecule has 2 aromatic rings. The quantitative estimate of drug-likeness (QED) is 0.466. The van der Waals surface area contributed by atoms with Gasteiger partial charge in [-0.2, -0.15) is 0 Å². The Labute approximate surface area is 182 Å². The molecule has 166 valence electrons. The van der Waals surface area contributed by atoms with Gasteiger partial charge in [-0.25, -0.2) is 4.98 Å². The van der Waals surface area contributed by atoms with Gasteiger partial charge in [0.05, 0.1) is 18.9 Å². The summed E-state index contributed by atoms with van der Waals surface area (Å²) in [5.74, 6) is 1.12. The van der Waals surface area contributed by atoms with Crippen molar-refractivity contribution >= 4 is 25.1 Å². The van der Waals surface area contributed by atoms with Gasteiger partial charge in [0, 0.05) is 17.8 Å². The van der Waals surface area contributed by atoms with E-state index in [1.54, 1.807) is 13.3 Å². The van der Waals surface area contributed by atoms with E-state index < -0.39 is 8.24 Å². The molecule has 0 bridgehead atoms. The van der Waals surface area contributed by atoms with Crippen molar-refractivity contribution in [1.82, 2.24) is 14.5 Å². The molecule has 0 radical (unpaired) electrons. The first kappa shape index (κ1) is 23.0. The van der Waals surface area contributed by atoms with E-state index in [9.17, 15) is 4.79 Å². The lowest BCUT2D eigenvalue weighted by molar-refractivity contribution is 0.0851. The number of fused-ring (bicyclic) bond motifs is 1. The van der Waals surface area contributed by atoms with Crippen molar-refractivity contribution in [3.8, 4) is 5.75 Å². The average Bonchev–Trinajstić information content (AvgIpc) is 3.11. The summed E-state index contributed by atoms with van der Waals surface area (Å²) in [5, 5.41) is 4.34. The monoisotopic (exact) mass is 429 g/mol. The Bertz CT molecular complexity index is 881. The molecular weight excluding hydrogens is 390 g/mol. The molecule has 0 amide bonds. The molecule has 1 aliphatic heterocycles. The Kier molecular flexibility index (Phi) is 6.77. The lowest BCUT2D eigenvalue weighted by Gasteiger charge is -2.44. The largest absolute Gasteiger partial charge is 0.494 e. The van der Waals surface area contributed by atoms with Crippen LogP contribution in [0.25, 0.3) is 11.0 Å². The first-order valence-corrected chi connectivity index (χ1v) is 13.6. The van der Waals surface area contributed by atoms with Gasteiger partial charge >= 0.3 is 0 Å². The minimum atomic E-state index is -1.96. The Hall–Kier alpha value is -1.66. The van der Waals surface area contributed by atoms with E-state index in [0.29, 0.717) is 33.9 Å². The van der Waals surface area contributed by atoms with Crippen molar-refractivity contribution in [2.24, 2.45) is 11.8 Å². The number of pyridine rings is 1. The lowest BCUT2D eigenvalue weighted by atomic mass is 9.82. The molecular formula is C24H39N3O2Si. The zero-order valence-electron chi connectivity index (χ0n) is 20.0. The van der Waals surface area contributed by atoms with Crippen LogP contribution in [0.2, 0.25) is 16.6 Å². The molecule has 5 nitrogen and oxygen atoms in total. The number of hydrogen-bond donors (Lipinski definition) is 1. The van der Waals surface area contributed by atoms with Gasteiger partial charge in [0.1, 0.15) is 11.4 Å². The van der Waals surface area contributed by atoms with Crippen LogP contribution in [0.3, 0.4) is 0 Å². The molecule has 30 heavy (non-hydrogen) atoms. The van der Waals surface area contributed by atoms with Crippen LogP contribution >= 0.6 is 0 Å². The van der Waals surface area contributed by atoms with Crippen molar-refractivity contribution in [2.45, 2.75) is 71.5 Å². The van der Waals surface area contributed by atoms with Crippen molar-refractivity contribution in [3.05, 3.63) is 24.0 Å². The maximum Gasteiger partial charge on any atom is 0.172 e. The van der Waals surface area contributed by atoms with Crippen molar-refractivity contribution < 1.29 is 9.53 Å². The summed E-state index contributed by atoms with van der Waals surface area (Å²) in [6.45, 7) is 18.0. The minimum absolute atomic E-state index is 0.0242. The van der Waals surface area contributed by atoms with E-state index in [0.717, 1.165) is 30.5 Å². The van der Waals surface area contributed by atoms with Crippen molar-refractivity contribution in [3.63, 3.8) is 0 Å². The van der Waals surface area contributed by atoms with Gasteiger partial charge in [0.15, 0.2) is 14.0 Å². The molecule has 1 N–H and O–H groups in total. The number of methoxy groups -OCH3 is 1. The molecule has 1 aliphatic rings. The first-order chi connectivity index (χ1) is 14.2. The fourth-order valence-electron chi connectivity index (χ4n) is 6.15. The molecule has 1 saturated heterocycles. The Morgan fingerprint density at radius 1 is 1.20 bits per heavy atom. The number of nitrogens with one attached hydrogen (secondary N) is 1. The Morgan fingerprint density at radius 2 is 1.83 bits per heavy atom. The van der Waals surface area contributed by atoms with Gasteiger partial charge in [0.2, 0.25) is 0 Å². The van der Waals surface area contributed by atoms with E-state index in [4.69, 9.17) is 9.72 Å². The van der Waals surface area contributed by atoms with Crippen LogP contribution < -0.4 is 10.1 Å². The molecule has 0 unspecified atom stereocenters. The standard InChI is InChI=1S/C24H39N3O2Si/c1-15(2)30(16(3)4,17(5)6)27-12-10-19-22(21(29-8)14-26-24(19)27)23(28)20-13-25-11-9-18(20)7/h10,12,14-18,20,25H,9,11,13H2,1-8H3/t18-,20+/m1/s1. The van der Waals surface area contributed by atoms with Gasteiger partial charge in [-0.15, -0.1) is 0 Å². The number of hydrogen-bond acceptors (Lipinski definition) is 4. The fourth-order valence-corrected chi connectivity index (χ4v) is 12.7. The van der Waals surface area contributed by atoms with E-state index in [1.807, 2.05) is 0 Å². The maximum atomic E-state index is 13.7. The molecule has 0 spiro atoms. The smallest absolute Gasteiger partial charge is 0.172 e. The van der Waals surface area contributed by atoms with E-state index in [2.05, 4.69) is 70.3 Å². The molecule has 1 fully saturated rings. The van der Waals surface area contributed by atoms with Crippen molar-refractivity contribution in [2.75, 3.05) is 20.2 Å². The summed E-state index contributed by atoms with van der Waals surface area (Å²) in [7, 11) is -0.331. The van der Waals surface area contributed by atoms with Crippen LogP contribution in [0, 0.1) is 11.8 Å². The summed E-state index contributed by atoms with van der Waals surface area (Å²) in [5.41, 5.74) is 3.32. The third kappa shape index (κ3) is 3.52. The molecule has 2 atom stereocenters. The predicted octanol–water partition coefficient (Wildman–Crippen LogP) is 5.50. The number of aromatic nitrogens is 2. The molecule has 2 aromatic heterocycles. The minimum Gasteiger partial charge on any atom is -0.494 e. The predicted molar refractivity (Wildman–Crippen MR) is 127 cm³/mol. The van der Waals surface area contributed by atoms with Gasteiger partial charge in [-0.05, 0) is 47.8 Å². The van der Waals surface area contributed by atoms with E-state index in [1.165, 1.54) is 0 Å². The summed E-state index contributed by atoms with van der Waals surface area (Å²) < 4.78 is 8.11. The molecule has 0 aromatic carbocycles. The number of carbonyl (C=O) groups excluding carboxylic acids is 1. The highest BCUT2D eigenvalue weighted by molar-refractivity contribution is 6.82. The molecule has 3 rings (SSSR count). The summed E-state index contributed by atoms with van der Waals surface area (Å²) in [4.78, 5) is 18.6. The number of nitrogens with zero attached hydrogens (tertiary/aromatic N) is 2. The number of ether oxygens (including phenoxy) is 1. The lowest BCUT2D eigenvalue weighted by Crippen LogP contribution is -2.51. The second kappa shape index (κ2) is 8.83. The van der Waals surface area contributed by atoms with Crippen LogP contribution in [0.15, 0.2) is 18.5 Å². The highest BCUT2D eigenvalue weighted by Gasteiger charge is 2.46. The fraction of sp³-hybridized carbons (Fsp3) is 0.667. The summed E-state index contributed by atoms with van der Waals surface area (Å²) >= 11 is 0. The zero-order valence-corrected chi connectivity index (χ0v) is 21.0. The van der Waals surface area contributed by atoms with Crippen LogP contribution in [0.1, 0.15) is 65.2 Å². The van der Waals surface area contributed by atoms with E-state index >= 15 is 0 Å². The average molecular weight is 430 g/mol. The van der Waals surface area contributed by atoms with Gasteiger partial charge in [0.25, 0.3) is 0 Å². The topological polar surface area (TPSA) is 56.2 Å². The molecule has 3 heterocycles. The highest BCUT2D eigenvalue weighted by atomic mass is 28.3. The van der Waals surface area contributed by atoms with Crippen LogP contribution in [-0.4, -0.2) is 43.4 Å². The number of Topliss-reactive ketones (excluding diaryl/α,β-unsaturated/α-hetero) is 1. The maximum absolute atomic E-state index is 13.7. The third-order valence-electron chi connectivity index (χ3n) is 7.50. The summed E-state index contributed by atoms with van der Waals surface area (Å²) in [6, 6.07) is 2.11. The first-order valence-electron chi connectivity index (χ1n) is 11.5. The van der Waals surface area contributed by atoms with E-state index in [-0.39, 0.29) is 11.7 Å². The van der Waals surface area contributed by atoms with Crippen LogP contribution in [-0.2, 0) is 0 Å². The number of piperidine rings is 1. The van der Waals surface area contributed by atoms with Crippen LogP contribution in [0.4, 0.5) is 0 Å². The summed E-state index contributed by atoms with van der Waals surface area (Å²) in [6.07, 6.45) is 4.98. The van der Waals surface area contributed by atoms with Gasteiger partial charge < -0.3 is 14.3 Å². The molecule has 0 aliphatic carbocycles. The second-order valence-corrected chi connectivity index (χ2v) is 15.6. The second-order valence-electron chi connectivity index (χ2n) is 9.92. The van der Waals surface area contributed by atoms with Crippen molar-refractivity contribution in [1.29, 1.82) is 0 Å². The molecule has 6 heteroatoms. The SMILES string of the molecule is COc1cnc2c(ccn2[Si](C(C)C)(C(C)C)C(C)C)c1C(=O)[C@H]1CNCC[C@H]1C. The number of rotatable bonds is 7. The normalized spacial score (nSPS) is 20.5. The number of ketones is 1. The third-order valence-corrected chi connectivity index (χ3v) is 14.2. The Balaban J connectivity index is 2.24. The molecule has 0 saturated carbocycles. The van der Waals surface area contributed by atoms with Gasteiger partial charge in [-0.1, -0.05) is 48.5 Å². The Morgan fingerprint density at radius 3 is 2.37 bits per heavy atom. The van der Waals surface area contributed by atoms with Gasteiger partial charge in [-0.3, -0.25) is 4.79 Å². The number of carbonyl (C=O) groups is 1. The zero-order chi connectivity index (χ0) is 22.2. The van der Waals surface area contributed by atoms with Crippen LogP contribution in [0.5, 0.6) is 5.75 Å².